The maximum Gasteiger partial charge on any atom is 0.252 e. The molecular formula is C17H19F2N3O. The molecule has 0 spiro atoms. The number of rotatable bonds is 2. The molecule has 1 aromatic heterocycles. The first kappa shape index (κ1) is 15.9. The smallest absolute Gasteiger partial charge is 0.252 e. The van der Waals surface area contributed by atoms with Gasteiger partial charge in [-0.05, 0) is 44.2 Å². The summed E-state index contributed by atoms with van der Waals surface area (Å²) in [7, 11) is 0. The van der Waals surface area contributed by atoms with Crippen molar-refractivity contribution >= 4 is 5.91 Å². The lowest BCUT2D eigenvalue weighted by Crippen LogP contribution is -2.47. The van der Waals surface area contributed by atoms with Crippen LogP contribution in [-0.4, -0.2) is 28.3 Å². The van der Waals surface area contributed by atoms with E-state index >= 15 is 0 Å². The van der Waals surface area contributed by atoms with Gasteiger partial charge >= 0.3 is 0 Å². The summed E-state index contributed by atoms with van der Waals surface area (Å²) in [5.74, 6) is -0.458. The minimum absolute atomic E-state index is 0.0128. The molecule has 4 nitrogen and oxygen atoms in total. The quantitative estimate of drug-likeness (QED) is 0.839. The van der Waals surface area contributed by atoms with Gasteiger partial charge in [-0.2, -0.15) is 5.26 Å². The normalized spacial score (nSPS) is 30.9. The summed E-state index contributed by atoms with van der Waals surface area (Å²) in [6, 6.07) is 3.49. The topological polar surface area (TPSA) is 57.0 Å². The van der Waals surface area contributed by atoms with Crippen LogP contribution < -0.4 is 0 Å². The number of hydrogen-bond acceptors (Lipinski definition) is 3. The SMILES string of the molecule is CC1(C(F)F)CCC[C@H]2CC[C@@H](c3cncc(C#N)c3)N2C1=O. The highest BCUT2D eigenvalue weighted by Gasteiger charge is 2.51. The summed E-state index contributed by atoms with van der Waals surface area (Å²) in [4.78, 5) is 18.6. The summed E-state index contributed by atoms with van der Waals surface area (Å²) in [5, 5.41) is 9.02. The lowest BCUT2D eigenvalue weighted by Gasteiger charge is -2.35. The average molecular weight is 319 g/mol. The van der Waals surface area contributed by atoms with Crippen LogP contribution in [0.2, 0.25) is 0 Å². The lowest BCUT2D eigenvalue weighted by atomic mass is 9.84. The van der Waals surface area contributed by atoms with E-state index in [1.807, 2.05) is 6.07 Å². The van der Waals surface area contributed by atoms with E-state index in [1.54, 1.807) is 17.2 Å². The van der Waals surface area contributed by atoms with Crippen molar-refractivity contribution in [3.05, 3.63) is 29.6 Å². The fourth-order valence-corrected chi connectivity index (χ4v) is 3.81. The van der Waals surface area contributed by atoms with Gasteiger partial charge in [0.25, 0.3) is 6.43 Å². The van der Waals surface area contributed by atoms with E-state index in [9.17, 15) is 13.6 Å². The van der Waals surface area contributed by atoms with E-state index in [1.165, 1.54) is 13.1 Å². The molecule has 0 N–H and O–H groups in total. The van der Waals surface area contributed by atoms with Crippen LogP contribution in [0.3, 0.4) is 0 Å². The molecular weight excluding hydrogens is 300 g/mol. The van der Waals surface area contributed by atoms with Crippen LogP contribution >= 0.6 is 0 Å². The van der Waals surface area contributed by atoms with Gasteiger partial charge in [0.05, 0.1) is 11.6 Å². The Labute approximate surface area is 134 Å². The summed E-state index contributed by atoms with van der Waals surface area (Å²) in [5.41, 5.74) is -0.430. The summed E-state index contributed by atoms with van der Waals surface area (Å²) in [6.45, 7) is 1.38. The highest BCUT2D eigenvalue weighted by Crippen LogP contribution is 2.46. The van der Waals surface area contributed by atoms with Gasteiger partial charge < -0.3 is 4.90 Å². The molecule has 23 heavy (non-hydrogen) atoms. The van der Waals surface area contributed by atoms with Gasteiger partial charge in [-0.15, -0.1) is 0 Å². The molecule has 2 aliphatic heterocycles. The lowest BCUT2D eigenvalue weighted by molar-refractivity contribution is -0.152. The summed E-state index contributed by atoms with van der Waals surface area (Å²) >= 11 is 0. The molecule has 0 aromatic carbocycles. The first-order valence-electron chi connectivity index (χ1n) is 7.93. The van der Waals surface area contributed by atoms with Gasteiger partial charge in [0.2, 0.25) is 5.91 Å². The zero-order valence-corrected chi connectivity index (χ0v) is 13.0. The Balaban J connectivity index is 1.98. The predicted octanol–water partition coefficient (Wildman–Crippen LogP) is 3.44. The van der Waals surface area contributed by atoms with Gasteiger partial charge in [0.1, 0.15) is 11.5 Å². The van der Waals surface area contributed by atoms with Crippen LogP contribution in [0.25, 0.3) is 0 Å². The van der Waals surface area contributed by atoms with Crippen molar-refractivity contribution in [2.75, 3.05) is 0 Å². The van der Waals surface area contributed by atoms with Crippen LogP contribution in [0.15, 0.2) is 18.5 Å². The van der Waals surface area contributed by atoms with E-state index < -0.39 is 17.7 Å². The second-order valence-corrected chi connectivity index (χ2v) is 6.69. The van der Waals surface area contributed by atoms with Crippen molar-refractivity contribution in [2.24, 2.45) is 5.41 Å². The van der Waals surface area contributed by atoms with Crippen molar-refractivity contribution < 1.29 is 13.6 Å². The van der Waals surface area contributed by atoms with Crippen molar-refractivity contribution in [1.29, 1.82) is 5.26 Å². The third-order valence-electron chi connectivity index (χ3n) is 5.21. The number of nitriles is 1. The van der Waals surface area contributed by atoms with Gasteiger partial charge in [0, 0.05) is 18.4 Å². The average Bonchev–Trinajstić information content (AvgIpc) is 2.92. The Morgan fingerprint density at radius 2 is 2.17 bits per heavy atom. The molecule has 0 bridgehead atoms. The summed E-state index contributed by atoms with van der Waals surface area (Å²) < 4.78 is 27.1. The van der Waals surface area contributed by atoms with Crippen molar-refractivity contribution in [2.45, 2.75) is 57.5 Å². The fourth-order valence-electron chi connectivity index (χ4n) is 3.81. The van der Waals surface area contributed by atoms with Gasteiger partial charge in [0.15, 0.2) is 0 Å². The molecule has 1 amide bonds. The molecule has 3 rings (SSSR count). The third-order valence-corrected chi connectivity index (χ3v) is 5.21. The van der Waals surface area contributed by atoms with E-state index in [2.05, 4.69) is 4.98 Å². The molecule has 0 radical (unpaired) electrons. The second-order valence-electron chi connectivity index (χ2n) is 6.69. The monoisotopic (exact) mass is 319 g/mol. The minimum Gasteiger partial charge on any atom is -0.332 e. The summed E-state index contributed by atoms with van der Waals surface area (Å²) in [6.07, 6.45) is 3.58. The molecule has 1 unspecified atom stereocenters. The first-order chi connectivity index (χ1) is 11.0. The van der Waals surface area contributed by atoms with E-state index in [0.29, 0.717) is 12.0 Å². The van der Waals surface area contributed by atoms with E-state index in [0.717, 1.165) is 24.8 Å². The van der Waals surface area contributed by atoms with Gasteiger partial charge in [-0.1, -0.05) is 6.42 Å². The zero-order valence-electron chi connectivity index (χ0n) is 13.0. The molecule has 3 atom stereocenters. The van der Waals surface area contributed by atoms with Crippen LogP contribution in [-0.2, 0) is 4.79 Å². The Morgan fingerprint density at radius 3 is 2.87 bits per heavy atom. The fraction of sp³-hybridized carbons (Fsp3) is 0.588. The van der Waals surface area contributed by atoms with Gasteiger partial charge in [-0.25, -0.2) is 8.78 Å². The molecule has 2 saturated heterocycles. The number of aromatic nitrogens is 1. The molecule has 6 heteroatoms. The zero-order chi connectivity index (χ0) is 16.6. The molecule has 122 valence electrons. The standard InChI is InChI=1S/C17H19F2N3O/c1-17(15(18)19)6-2-3-13-4-5-14(22(13)16(17)23)12-7-11(8-20)9-21-10-12/h7,9-10,13-15H,2-6H2,1H3/t13-,14-,17?/m0/s1. The van der Waals surface area contributed by atoms with Crippen molar-refractivity contribution in [3.63, 3.8) is 0 Å². The third kappa shape index (κ3) is 2.58. The maximum atomic E-state index is 13.5. The van der Waals surface area contributed by atoms with Crippen LogP contribution in [0.5, 0.6) is 0 Å². The number of carbonyl (C=O) groups excluding carboxylic acids is 1. The molecule has 2 fully saturated rings. The molecule has 1 aromatic rings. The number of hydrogen-bond donors (Lipinski definition) is 0. The number of halogens is 2. The Morgan fingerprint density at radius 1 is 1.39 bits per heavy atom. The van der Waals surface area contributed by atoms with E-state index in [4.69, 9.17) is 5.26 Å². The predicted molar refractivity (Wildman–Crippen MR) is 79.5 cm³/mol. The minimum atomic E-state index is -2.67. The highest BCUT2D eigenvalue weighted by molar-refractivity contribution is 5.84. The number of nitrogens with zero attached hydrogens (tertiary/aromatic N) is 3. The van der Waals surface area contributed by atoms with E-state index in [-0.39, 0.29) is 18.5 Å². The number of alkyl halides is 2. The van der Waals surface area contributed by atoms with Crippen LogP contribution in [0.4, 0.5) is 8.78 Å². The maximum absolute atomic E-state index is 13.5. The number of fused-ring (bicyclic) bond motifs is 1. The molecule has 3 heterocycles. The Kier molecular flexibility index (Phi) is 4.05. The molecule has 0 aliphatic carbocycles. The number of carbonyl (C=O) groups is 1. The van der Waals surface area contributed by atoms with Crippen LogP contribution in [0, 0.1) is 16.7 Å². The van der Waals surface area contributed by atoms with Crippen LogP contribution in [0.1, 0.15) is 56.2 Å². The Hall–Kier alpha value is -2.03. The first-order valence-corrected chi connectivity index (χ1v) is 7.93. The molecule has 0 saturated carbocycles. The largest absolute Gasteiger partial charge is 0.332 e. The van der Waals surface area contributed by atoms with Crippen molar-refractivity contribution in [1.82, 2.24) is 9.88 Å². The number of pyridine rings is 1. The Bertz CT molecular complexity index is 657. The second kappa shape index (κ2) is 5.88. The van der Waals surface area contributed by atoms with Gasteiger partial charge in [-0.3, -0.25) is 9.78 Å². The highest BCUT2D eigenvalue weighted by atomic mass is 19.3. The molecule has 2 aliphatic rings. The number of amides is 1. The van der Waals surface area contributed by atoms with Crippen molar-refractivity contribution in [3.8, 4) is 6.07 Å².